The molecule has 3 atom stereocenters. The number of H-pyrrole nitrogens is 1. The number of carbonyl (C=O) groups excluding carboxylic acids is 4. The smallest absolute Gasteiger partial charge is 0.328 e. The monoisotopic (exact) mass is 535 g/mol. The minimum atomic E-state index is -1.23. The van der Waals surface area contributed by atoms with E-state index in [9.17, 15) is 19.2 Å². The van der Waals surface area contributed by atoms with Crippen molar-refractivity contribution in [2.75, 3.05) is 6.54 Å². The van der Waals surface area contributed by atoms with Crippen molar-refractivity contribution in [3.8, 4) is 0 Å². The Morgan fingerprint density at radius 2 is 1.77 bits per heavy atom. The van der Waals surface area contributed by atoms with E-state index in [1.807, 2.05) is 52.0 Å². The molecule has 9 nitrogen and oxygen atoms in total. The number of aromatic nitrogens is 1. The van der Waals surface area contributed by atoms with Crippen LogP contribution in [0.15, 0.2) is 24.3 Å². The van der Waals surface area contributed by atoms with Crippen molar-refractivity contribution >= 4 is 34.7 Å². The van der Waals surface area contributed by atoms with E-state index in [1.54, 1.807) is 11.8 Å². The first kappa shape index (κ1) is 27.2. The van der Waals surface area contributed by atoms with Crippen LogP contribution in [0.25, 0.3) is 10.9 Å². The number of hydrogen-bond donors (Lipinski definition) is 3. The number of benzene rings is 1. The lowest BCUT2D eigenvalue weighted by Crippen LogP contribution is -2.58. The first-order chi connectivity index (χ1) is 18.5. The number of fused-ring (bicyclic) bond motifs is 5. The molecule has 210 valence electrons. The molecule has 3 heterocycles. The topological polar surface area (TPSA) is 115 Å². The summed E-state index contributed by atoms with van der Waals surface area (Å²) in [7, 11) is 0. The van der Waals surface area contributed by atoms with Crippen LogP contribution in [-0.2, 0) is 26.3 Å². The van der Waals surface area contributed by atoms with Crippen molar-refractivity contribution in [3.63, 3.8) is 0 Å². The molecule has 0 bridgehead atoms. The molecule has 3 N–H and O–H groups in total. The molecule has 2 aromatic rings. The zero-order valence-corrected chi connectivity index (χ0v) is 23.7. The molecule has 1 aromatic heterocycles. The predicted molar refractivity (Wildman–Crippen MR) is 149 cm³/mol. The van der Waals surface area contributed by atoms with Crippen LogP contribution in [0.1, 0.15) is 78.0 Å². The van der Waals surface area contributed by atoms with Gasteiger partial charge in [-0.15, -0.1) is 0 Å². The van der Waals surface area contributed by atoms with Gasteiger partial charge >= 0.3 is 6.03 Å². The number of aromatic amines is 1. The van der Waals surface area contributed by atoms with Gasteiger partial charge in [-0.25, -0.2) is 9.69 Å². The van der Waals surface area contributed by atoms with Crippen molar-refractivity contribution in [1.29, 1.82) is 0 Å². The fourth-order valence-corrected chi connectivity index (χ4v) is 6.71. The van der Waals surface area contributed by atoms with Crippen molar-refractivity contribution < 1.29 is 19.2 Å². The number of nitrogens with zero attached hydrogens (tertiary/aromatic N) is 2. The zero-order chi connectivity index (χ0) is 28.1. The first-order valence-electron chi connectivity index (χ1n) is 14.4. The molecule has 0 radical (unpaired) electrons. The van der Waals surface area contributed by atoms with E-state index in [-0.39, 0.29) is 23.8 Å². The predicted octanol–water partition coefficient (Wildman–Crippen LogP) is 3.82. The normalized spacial score (nSPS) is 22.9. The summed E-state index contributed by atoms with van der Waals surface area (Å²) in [6.45, 7) is 9.83. The van der Waals surface area contributed by atoms with Crippen LogP contribution in [0.3, 0.4) is 0 Å². The summed E-state index contributed by atoms with van der Waals surface area (Å²) in [5, 5.41) is 7.09. The van der Waals surface area contributed by atoms with Crippen molar-refractivity contribution in [2.24, 2.45) is 11.8 Å². The van der Waals surface area contributed by atoms with Crippen molar-refractivity contribution in [3.05, 3.63) is 35.5 Å². The van der Waals surface area contributed by atoms with Gasteiger partial charge in [-0.05, 0) is 56.1 Å². The lowest BCUT2D eigenvalue weighted by Gasteiger charge is -2.36. The molecule has 2 fully saturated rings. The van der Waals surface area contributed by atoms with E-state index in [2.05, 4.69) is 15.6 Å². The molecule has 39 heavy (non-hydrogen) atoms. The quantitative estimate of drug-likeness (QED) is 0.446. The van der Waals surface area contributed by atoms with E-state index in [0.29, 0.717) is 25.1 Å². The maximum Gasteiger partial charge on any atom is 0.328 e. The highest BCUT2D eigenvalue weighted by Crippen LogP contribution is 2.45. The highest BCUT2D eigenvalue weighted by Gasteiger charge is 2.61. The highest BCUT2D eigenvalue weighted by molar-refractivity contribution is 6.11. The molecule has 5 amide bonds. The fraction of sp³-hybridized carbons (Fsp3) is 0.600. The Morgan fingerprint density at radius 1 is 1.08 bits per heavy atom. The SMILES string of the molecule is CC(C)CC(NC(=O)C(C(C)C)N1C(=O)N2CCc3c([nH]c4ccccc34)C2(C)C1=O)C(=O)NC1CCCC1. The van der Waals surface area contributed by atoms with Crippen LogP contribution in [0.2, 0.25) is 0 Å². The van der Waals surface area contributed by atoms with Gasteiger partial charge in [0.2, 0.25) is 11.8 Å². The summed E-state index contributed by atoms with van der Waals surface area (Å²) in [6, 6.07) is 5.81. The van der Waals surface area contributed by atoms with Crippen LogP contribution in [-0.4, -0.2) is 63.2 Å². The number of amides is 5. The van der Waals surface area contributed by atoms with E-state index < -0.39 is 35.5 Å². The second kappa shape index (κ2) is 10.3. The number of urea groups is 1. The largest absolute Gasteiger partial charge is 0.356 e. The molecule has 3 unspecified atom stereocenters. The van der Waals surface area contributed by atoms with Gasteiger partial charge in [-0.1, -0.05) is 58.7 Å². The summed E-state index contributed by atoms with van der Waals surface area (Å²) in [5.74, 6) is -1.25. The number of para-hydroxylation sites is 1. The third-order valence-corrected chi connectivity index (χ3v) is 8.72. The Hall–Kier alpha value is -3.36. The van der Waals surface area contributed by atoms with Gasteiger partial charge in [0.1, 0.15) is 12.1 Å². The Labute approximate surface area is 230 Å². The summed E-state index contributed by atoms with van der Waals surface area (Å²) in [4.78, 5) is 61.2. The summed E-state index contributed by atoms with van der Waals surface area (Å²) < 4.78 is 0. The van der Waals surface area contributed by atoms with E-state index in [4.69, 9.17) is 0 Å². The van der Waals surface area contributed by atoms with Crippen LogP contribution >= 0.6 is 0 Å². The summed E-state index contributed by atoms with van der Waals surface area (Å²) in [5.41, 5.74) is 1.45. The molecule has 0 spiro atoms. The Kier molecular flexibility index (Phi) is 7.20. The van der Waals surface area contributed by atoms with E-state index in [0.717, 1.165) is 47.0 Å². The Bertz CT molecular complexity index is 1290. The number of hydrogen-bond acceptors (Lipinski definition) is 4. The Balaban J connectivity index is 1.43. The molecule has 5 rings (SSSR count). The molecule has 1 saturated carbocycles. The van der Waals surface area contributed by atoms with Crippen molar-refractivity contribution in [2.45, 2.75) is 96.8 Å². The molecule has 1 aliphatic carbocycles. The molecule has 2 aliphatic heterocycles. The maximum atomic E-state index is 14.2. The highest BCUT2D eigenvalue weighted by atomic mass is 16.2. The van der Waals surface area contributed by atoms with Gasteiger partial charge in [0, 0.05) is 23.5 Å². The minimum absolute atomic E-state index is 0.132. The molecular weight excluding hydrogens is 494 g/mol. The van der Waals surface area contributed by atoms with Crippen LogP contribution < -0.4 is 10.6 Å². The number of nitrogens with one attached hydrogen (secondary N) is 3. The molecular formula is C30H41N5O4. The maximum absolute atomic E-state index is 14.2. The number of carbonyl (C=O) groups is 4. The van der Waals surface area contributed by atoms with Gasteiger partial charge in [0.15, 0.2) is 5.54 Å². The minimum Gasteiger partial charge on any atom is -0.356 e. The molecule has 3 aliphatic rings. The summed E-state index contributed by atoms with van der Waals surface area (Å²) >= 11 is 0. The van der Waals surface area contributed by atoms with Gasteiger partial charge in [0.05, 0.1) is 5.69 Å². The van der Waals surface area contributed by atoms with E-state index >= 15 is 0 Å². The molecule has 1 saturated heterocycles. The van der Waals surface area contributed by atoms with Gasteiger partial charge < -0.3 is 20.5 Å². The van der Waals surface area contributed by atoms with Gasteiger partial charge in [-0.2, -0.15) is 0 Å². The Morgan fingerprint density at radius 3 is 2.44 bits per heavy atom. The third-order valence-electron chi connectivity index (χ3n) is 8.72. The second-order valence-electron chi connectivity index (χ2n) is 12.3. The lowest BCUT2D eigenvalue weighted by molar-refractivity contribution is -0.141. The first-order valence-corrected chi connectivity index (χ1v) is 14.4. The van der Waals surface area contributed by atoms with E-state index in [1.165, 1.54) is 0 Å². The summed E-state index contributed by atoms with van der Waals surface area (Å²) in [6.07, 6.45) is 5.17. The molecule has 1 aromatic carbocycles. The lowest BCUT2D eigenvalue weighted by atomic mass is 9.86. The standard InChI is InChI=1S/C30H41N5O4/c1-17(2)16-23(26(36)31-19-10-6-7-11-19)33-27(37)24(18(3)4)35-28(38)30(5)25-21(14-15-34(30)29(35)39)20-12-8-9-13-22(20)32-25/h8-9,12-13,17-19,23-24,32H,6-7,10-11,14-16H2,1-5H3,(H,31,36)(H,33,37). The fourth-order valence-electron chi connectivity index (χ4n) is 6.71. The van der Waals surface area contributed by atoms with Gasteiger partial charge in [-0.3, -0.25) is 14.4 Å². The van der Waals surface area contributed by atoms with Crippen LogP contribution in [0, 0.1) is 11.8 Å². The van der Waals surface area contributed by atoms with Crippen LogP contribution in [0.5, 0.6) is 0 Å². The zero-order valence-electron chi connectivity index (χ0n) is 23.7. The number of imide groups is 1. The second-order valence-corrected chi connectivity index (χ2v) is 12.3. The van der Waals surface area contributed by atoms with Crippen LogP contribution in [0.4, 0.5) is 4.79 Å². The average molecular weight is 536 g/mol. The number of rotatable bonds is 8. The third kappa shape index (κ3) is 4.59. The van der Waals surface area contributed by atoms with Gasteiger partial charge in [0.25, 0.3) is 5.91 Å². The molecule has 9 heteroatoms. The van der Waals surface area contributed by atoms with Crippen molar-refractivity contribution in [1.82, 2.24) is 25.4 Å². The average Bonchev–Trinajstić information content (AvgIpc) is 3.57.